The molecule has 23 heavy (non-hydrogen) atoms. The van der Waals surface area contributed by atoms with Crippen LogP contribution >= 0.6 is 15.9 Å². The van der Waals surface area contributed by atoms with Gasteiger partial charge in [0.15, 0.2) is 0 Å². The molecule has 0 spiro atoms. The Hall–Kier alpha value is -2.21. The molecule has 122 valence electrons. The molecule has 0 aliphatic carbocycles. The predicted octanol–water partition coefficient (Wildman–Crippen LogP) is 4.69. The lowest BCUT2D eigenvalue weighted by Gasteiger charge is -2.13. The van der Waals surface area contributed by atoms with Crippen molar-refractivity contribution >= 4 is 27.7 Å². The van der Waals surface area contributed by atoms with Crippen LogP contribution in [0.3, 0.4) is 0 Å². The molecule has 0 bridgehead atoms. The van der Waals surface area contributed by atoms with Gasteiger partial charge in [0.05, 0.1) is 19.9 Å². The maximum Gasteiger partial charge on any atom is 0.417 e. The Kier molecular flexibility index (Phi) is 5.50. The van der Waals surface area contributed by atoms with Gasteiger partial charge in [-0.3, -0.25) is 5.32 Å². The molecule has 0 aliphatic heterocycles. The minimum atomic E-state index is -0.599. The first kappa shape index (κ1) is 17.1. The van der Waals surface area contributed by atoms with Crippen molar-refractivity contribution in [3.05, 3.63) is 45.9 Å². The average Bonchev–Trinajstić information content (AvgIpc) is 2.52. The van der Waals surface area contributed by atoms with Gasteiger partial charge in [-0.05, 0) is 49.2 Å². The summed E-state index contributed by atoms with van der Waals surface area (Å²) >= 11 is 3.48. The smallest absolute Gasteiger partial charge is 0.417 e. The molecule has 0 radical (unpaired) electrons. The van der Waals surface area contributed by atoms with Crippen LogP contribution in [0, 0.1) is 13.8 Å². The first-order valence-corrected chi connectivity index (χ1v) is 7.71. The molecule has 0 atom stereocenters. The molecule has 1 amide bonds. The fraction of sp³-hybridized carbons (Fsp3) is 0.235. The first-order chi connectivity index (χ1) is 10.9. The van der Waals surface area contributed by atoms with E-state index >= 15 is 0 Å². The lowest BCUT2D eigenvalue weighted by molar-refractivity contribution is 0.215. The van der Waals surface area contributed by atoms with Gasteiger partial charge < -0.3 is 14.2 Å². The third-order valence-corrected chi connectivity index (χ3v) is 4.51. The van der Waals surface area contributed by atoms with E-state index in [0.29, 0.717) is 22.9 Å². The highest BCUT2D eigenvalue weighted by Crippen LogP contribution is 2.30. The van der Waals surface area contributed by atoms with Gasteiger partial charge in [-0.15, -0.1) is 0 Å². The minimum Gasteiger partial charge on any atom is -0.497 e. The van der Waals surface area contributed by atoms with E-state index in [1.807, 2.05) is 13.8 Å². The molecule has 0 saturated heterocycles. The number of aryl methyl sites for hydroxylation is 2. The van der Waals surface area contributed by atoms with Crippen LogP contribution in [0.5, 0.6) is 17.2 Å². The SMILES string of the molecule is COc1ccc(OC)c(NC(=O)Oc2cc(C)c(Br)c(C)c2)c1. The summed E-state index contributed by atoms with van der Waals surface area (Å²) in [5.41, 5.74) is 2.46. The fourth-order valence-corrected chi connectivity index (χ4v) is 2.35. The number of carbonyl (C=O) groups is 1. The third kappa shape index (κ3) is 4.16. The standard InChI is InChI=1S/C17H18BrNO4/c1-10-7-13(8-11(2)16(10)18)23-17(20)19-14-9-12(21-3)5-6-15(14)22-4/h5-9H,1-4H3,(H,19,20). The van der Waals surface area contributed by atoms with Crippen molar-refractivity contribution in [2.24, 2.45) is 0 Å². The molecule has 6 heteroatoms. The fourth-order valence-electron chi connectivity index (χ4n) is 2.12. The number of anilines is 1. The number of hydrogen-bond acceptors (Lipinski definition) is 4. The normalized spacial score (nSPS) is 10.1. The number of amides is 1. The zero-order valence-electron chi connectivity index (χ0n) is 13.4. The molecule has 5 nitrogen and oxygen atoms in total. The van der Waals surface area contributed by atoms with Crippen LogP contribution < -0.4 is 19.5 Å². The van der Waals surface area contributed by atoms with Crippen molar-refractivity contribution in [1.29, 1.82) is 0 Å². The Bertz CT molecular complexity index is 708. The number of halogens is 1. The van der Waals surface area contributed by atoms with Crippen molar-refractivity contribution in [3.63, 3.8) is 0 Å². The first-order valence-electron chi connectivity index (χ1n) is 6.92. The molecule has 0 heterocycles. The Labute approximate surface area is 143 Å². The lowest BCUT2D eigenvalue weighted by Crippen LogP contribution is -2.17. The van der Waals surface area contributed by atoms with Crippen LogP contribution in [-0.4, -0.2) is 20.3 Å². The largest absolute Gasteiger partial charge is 0.497 e. The van der Waals surface area contributed by atoms with Gasteiger partial charge >= 0.3 is 6.09 Å². The zero-order valence-corrected chi connectivity index (χ0v) is 15.0. The highest BCUT2D eigenvalue weighted by Gasteiger charge is 2.12. The van der Waals surface area contributed by atoms with Gasteiger partial charge in [-0.25, -0.2) is 4.79 Å². The number of hydrogen-bond donors (Lipinski definition) is 1. The Morgan fingerprint density at radius 2 is 1.65 bits per heavy atom. The second kappa shape index (κ2) is 7.37. The highest BCUT2D eigenvalue weighted by molar-refractivity contribution is 9.10. The van der Waals surface area contributed by atoms with Crippen molar-refractivity contribution in [2.45, 2.75) is 13.8 Å². The predicted molar refractivity (Wildman–Crippen MR) is 92.8 cm³/mol. The van der Waals surface area contributed by atoms with E-state index < -0.39 is 6.09 Å². The molecule has 0 fully saturated rings. The van der Waals surface area contributed by atoms with Crippen LogP contribution in [0.4, 0.5) is 10.5 Å². The molecule has 1 N–H and O–H groups in total. The van der Waals surface area contributed by atoms with Gasteiger partial charge in [-0.1, -0.05) is 15.9 Å². The van der Waals surface area contributed by atoms with Gasteiger partial charge in [-0.2, -0.15) is 0 Å². The monoisotopic (exact) mass is 379 g/mol. The number of carbonyl (C=O) groups excluding carboxylic acids is 1. The van der Waals surface area contributed by atoms with E-state index in [9.17, 15) is 4.79 Å². The summed E-state index contributed by atoms with van der Waals surface area (Å²) in [6, 6.07) is 8.70. The molecule has 0 aromatic heterocycles. The third-order valence-electron chi connectivity index (χ3n) is 3.26. The van der Waals surface area contributed by atoms with E-state index in [-0.39, 0.29) is 0 Å². The lowest BCUT2D eigenvalue weighted by atomic mass is 10.1. The quantitative estimate of drug-likeness (QED) is 0.836. The summed E-state index contributed by atoms with van der Waals surface area (Å²) in [6.45, 7) is 3.87. The second-order valence-corrected chi connectivity index (χ2v) is 5.74. The van der Waals surface area contributed by atoms with Crippen molar-refractivity contribution in [2.75, 3.05) is 19.5 Å². The van der Waals surface area contributed by atoms with Crippen molar-refractivity contribution < 1.29 is 19.0 Å². The summed E-state index contributed by atoms with van der Waals surface area (Å²) in [5, 5.41) is 2.66. The molecular formula is C17H18BrNO4. The van der Waals surface area contributed by atoms with Gasteiger partial charge in [0, 0.05) is 10.5 Å². The van der Waals surface area contributed by atoms with Gasteiger partial charge in [0.1, 0.15) is 17.2 Å². The van der Waals surface area contributed by atoms with E-state index in [1.165, 1.54) is 7.11 Å². The minimum absolute atomic E-state index is 0.474. The highest BCUT2D eigenvalue weighted by atomic mass is 79.9. The summed E-state index contributed by atoms with van der Waals surface area (Å²) < 4.78 is 16.7. The van der Waals surface area contributed by atoms with Crippen LogP contribution in [0.2, 0.25) is 0 Å². The Morgan fingerprint density at radius 3 is 2.22 bits per heavy atom. The van der Waals surface area contributed by atoms with E-state index in [2.05, 4.69) is 21.2 Å². The molecular weight excluding hydrogens is 362 g/mol. The summed E-state index contributed by atoms with van der Waals surface area (Å²) in [6.07, 6.45) is -0.599. The van der Waals surface area contributed by atoms with Crippen molar-refractivity contribution in [1.82, 2.24) is 0 Å². The van der Waals surface area contributed by atoms with Crippen LogP contribution in [0.15, 0.2) is 34.8 Å². The second-order valence-electron chi connectivity index (χ2n) is 4.95. The number of methoxy groups -OCH3 is 2. The summed E-state index contributed by atoms with van der Waals surface area (Å²) in [4.78, 5) is 12.1. The Morgan fingerprint density at radius 1 is 1.00 bits per heavy atom. The van der Waals surface area contributed by atoms with Gasteiger partial charge in [0.2, 0.25) is 0 Å². The van der Waals surface area contributed by atoms with E-state index in [0.717, 1.165) is 15.6 Å². The summed E-state index contributed by atoms with van der Waals surface area (Å²) in [7, 11) is 3.08. The summed E-state index contributed by atoms with van der Waals surface area (Å²) in [5.74, 6) is 1.60. The molecule has 0 unspecified atom stereocenters. The van der Waals surface area contributed by atoms with Crippen molar-refractivity contribution in [3.8, 4) is 17.2 Å². The van der Waals surface area contributed by atoms with Crippen LogP contribution in [0.1, 0.15) is 11.1 Å². The molecule has 2 rings (SSSR count). The maximum atomic E-state index is 12.1. The number of ether oxygens (including phenoxy) is 3. The number of nitrogens with one attached hydrogen (secondary N) is 1. The van der Waals surface area contributed by atoms with E-state index in [1.54, 1.807) is 37.4 Å². The topological polar surface area (TPSA) is 56.8 Å². The van der Waals surface area contributed by atoms with Gasteiger partial charge in [0.25, 0.3) is 0 Å². The molecule has 2 aromatic rings. The molecule has 0 aliphatic rings. The zero-order chi connectivity index (χ0) is 17.0. The Balaban J connectivity index is 2.16. The average molecular weight is 380 g/mol. The maximum absolute atomic E-state index is 12.1. The number of rotatable bonds is 4. The van der Waals surface area contributed by atoms with Crippen LogP contribution in [-0.2, 0) is 0 Å². The molecule has 0 saturated carbocycles. The molecule has 2 aromatic carbocycles. The van der Waals surface area contributed by atoms with E-state index in [4.69, 9.17) is 14.2 Å². The van der Waals surface area contributed by atoms with Crippen LogP contribution in [0.25, 0.3) is 0 Å². The number of benzene rings is 2.